The van der Waals surface area contributed by atoms with Crippen LogP contribution in [-0.2, 0) is 21.4 Å². The van der Waals surface area contributed by atoms with Gasteiger partial charge in [0, 0.05) is 0 Å². The van der Waals surface area contributed by atoms with Gasteiger partial charge in [-0.05, 0) is 87.4 Å². The molecule has 0 saturated carbocycles. The number of hydrogen-bond donors (Lipinski definition) is 2. The largest absolute Gasteiger partial charge is 0.488 e. The second kappa shape index (κ2) is 13.2. The lowest BCUT2D eigenvalue weighted by molar-refractivity contribution is -0.123. The summed E-state index contributed by atoms with van der Waals surface area (Å²) in [4.78, 5) is 13.0. The molecule has 0 aromatic heterocycles. The van der Waals surface area contributed by atoms with Gasteiger partial charge in [-0.2, -0.15) is 9.82 Å². The lowest BCUT2D eigenvalue weighted by Crippen LogP contribution is -2.46. The van der Waals surface area contributed by atoms with Crippen LogP contribution in [0.3, 0.4) is 0 Å². The van der Waals surface area contributed by atoms with E-state index in [1.807, 2.05) is 63.2 Å². The van der Waals surface area contributed by atoms with Gasteiger partial charge in [0.1, 0.15) is 18.4 Å². The summed E-state index contributed by atoms with van der Waals surface area (Å²) in [6.45, 7) is 6.14. The Morgan fingerprint density at radius 2 is 1.73 bits per heavy atom. The standard InChI is InChI=1S/C31H32BrN3O4S/c1-21(2)17-29(35-40(37,38)26-14-11-22(3)12-15-26)31(36)34-33-19-23-13-16-30(28(32)18-23)39-20-25-9-6-8-24-7-4-5-10-27(24)25/h4-16,18-19,21,29,35H,17,20H2,1-3H3,(H,34,36)/b33-19-/t29-/m1/s1. The highest BCUT2D eigenvalue weighted by atomic mass is 79.9. The Hall–Kier alpha value is -3.53. The molecule has 40 heavy (non-hydrogen) atoms. The molecule has 0 fully saturated rings. The van der Waals surface area contributed by atoms with Crippen LogP contribution < -0.4 is 14.9 Å². The van der Waals surface area contributed by atoms with Gasteiger partial charge >= 0.3 is 0 Å². The average molecular weight is 623 g/mol. The summed E-state index contributed by atoms with van der Waals surface area (Å²) in [5, 5.41) is 6.37. The monoisotopic (exact) mass is 621 g/mol. The highest BCUT2D eigenvalue weighted by molar-refractivity contribution is 9.10. The Labute approximate surface area is 243 Å². The summed E-state index contributed by atoms with van der Waals surface area (Å²) in [6.07, 6.45) is 1.82. The SMILES string of the molecule is Cc1ccc(S(=O)(=O)N[C@H](CC(C)C)C(=O)N/N=C\c2ccc(OCc3cccc4ccccc34)c(Br)c2)cc1. The number of halogens is 1. The number of carbonyl (C=O) groups is 1. The predicted molar refractivity (Wildman–Crippen MR) is 163 cm³/mol. The van der Waals surface area contributed by atoms with Crippen molar-refractivity contribution in [2.45, 2.75) is 44.7 Å². The molecule has 7 nitrogen and oxygen atoms in total. The molecule has 1 atom stereocenters. The summed E-state index contributed by atoms with van der Waals surface area (Å²) in [7, 11) is -3.88. The number of amides is 1. The van der Waals surface area contributed by atoms with Crippen molar-refractivity contribution in [3.63, 3.8) is 0 Å². The summed E-state index contributed by atoms with van der Waals surface area (Å²) >= 11 is 3.55. The van der Waals surface area contributed by atoms with Crippen molar-refractivity contribution in [3.8, 4) is 5.75 Å². The minimum atomic E-state index is -3.88. The van der Waals surface area contributed by atoms with E-state index in [2.05, 4.69) is 49.4 Å². The van der Waals surface area contributed by atoms with E-state index in [4.69, 9.17) is 4.74 Å². The summed E-state index contributed by atoms with van der Waals surface area (Å²) < 4.78 is 35.1. The number of rotatable bonds is 11. The molecular formula is C31H32BrN3O4S. The van der Waals surface area contributed by atoms with E-state index in [9.17, 15) is 13.2 Å². The maximum Gasteiger partial charge on any atom is 0.258 e. The molecule has 0 aliphatic rings. The van der Waals surface area contributed by atoms with Crippen LogP contribution >= 0.6 is 15.9 Å². The first-order valence-corrected chi connectivity index (χ1v) is 15.2. The second-order valence-electron chi connectivity index (χ2n) is 9.97. The van der Waals surface area contributed by atoms with Crippen molar-refractivity contribution in [1.29, 1.82) is 0 Å². The van der Waals surface area contributed by atoms with Crippen LogP contribution in [0.5, 0.6) is 5.75 Å². The van der Waals surface area contributed by atoms with Crippen LogP contribution in [-0.4, -0.2) is 26.6 Å². The van der Waals surface area contributed by atoms with Crippen LogP contribution in [0.2, 0.25) is 0 Å². The molecule has 4 aromatic rings. The van der Waals surface area contributed by atoms with Crippen LogP contribution in [0.4, 0.5) is 0 Å². The predicted octanol–water partition coefficient (Wildman–Crippen LogP) is 6.33. The Balaban J connectivity index is 1.38. The third-order valence-electron chi connectivity index (χ3n) is 6.26. The van der Waals surface area contributed by atoms with Gasteiger partial charge in [-0.1, -0.05) is 74.0 Å². The maximum absolute atomic E-state index is 12.9. The zero-order chi connectivity index (χ0) is 28.7. The summed E-state index contributed by atoms with van der Waals surface area (Å²) in [5.41, 5.74) is 5.24. The number of carbonyl (C=O) groups excluding carboxylic acids is 1. The van der Waals surface area contributed by atoms with E-state index in [0.29, 0.717) is 18.8 Å². The number of fused-ring (bicyclic) bond motifs is 1. The number of nitrogens with one attached hydrogen (secondary N) is 2. The number of ether oxygens (including phenoxy) is 1. The van der Waals surface area contributed by atoms with Gasteiger partial charge in [0.05, 0.1) is 15.6 Å². The summed E-state index contributed by atoms with van der Waals surface area (Å²) in [5.74, 6) is 0.226. The van der Waals surface area contributed by atoms with Gasteiger partial charge in [-0.3, -0.25) is 4.79 Å². The highest BCUT2D eigenvalue weighted by Gasteiger charge is 2.26. The highest BCUT2D eigenvalue weighted by Crippen LogP contribution is 2.27. The fraction of sp³-hybridized carbons (Fsp3) is 0.226. The second-order valence-corrected chi connectivity index (χ2v) is 12.5. The van der Waals surface area contributed by atoms with Crippen LogP contribution in [0, 0.1) is 12.8 Å². The number of hydrogen-bond acceptors (Lipinski definition) is 5. The molecule has 208 valence electrons. The first-order valence-electron chi connectivity index (χ1n) is 12.9. The molecule has 4 rings (SSSR count). The third-order valence-corrected chi connectivity index (χ3v) is 8.37. The van der Waals surface area contributed by atoms with Crippen molar-refractivity contribution in [2.24, 2.45) is 11.0 Å². The average Bonchev–Trinajstić information content (AvgIpc) is 2.92. The number of benzene rings is 4. The van der Waals surface area contributed by atoms with Crippen LogP contribution in [0.15, 0.2) is 99.4 Å². The molecule has 0 aliphatic heterocycles. The molecule has 0 heterocycles. The van der Waals surface area contributed by atoms with Crippen molar-refractivity contribution in [1.82, 2.24) is 10.1 Å². The lowest BCUT2D eigenvalue weighted by atomic mass is 10.0. The van der Waals surface area contributed by atoms with E-state index in [-0.39, 0.29) is 10.8 Å². The smallest absolute Gasteiger partial charge is 0.258 e. The Morgan fingerprint density at radius 3 is 2.45 bits per heavy atom. The van der Waals surface area contributed by atoms with Gasteiger partial charge in [-0.15, -0.1) is 0 Å². The van der Waals surface area contributed by atoms with Crippen molar-refractivity contribution < 1.29 is 17.9 Å². The molecule has 1 amide bonds. The minimum absolute atomic E-state index is 0.0813. The van der Waals surface area contributed by atoms with Gasteiger partial charge in [0.15, 0.2) is 0 Å². The first kappa shape index (κ1) is 29.5. The lowest BCUT2D eigenvalue weighted by Gasteiger charge is -2.19. The van der Waals surface area contributed by atoms with Crippen molar-refractivity contribution in [2.75, 3.05) is 0 Å². The fourth-order valence-electron chi connectivity index (χ4n) is 4.19. The molecule has 0 spiro atoms. The molecule has 0 radical (unpaired) electrons. The van der Waals surface area contributed by atoms with Crippen molar-refractivity contribution in [3.05, 3.63) is 106 Å². The molecule has 0 saturated heterocycles. The van der Waals surface area contributed by atoms with Gasteiger partial charge in [0.2, 0.25) is 10.0 Å². The van der Waals surface area contributed by atoms with Crippen molar-refractivity contribution >= 4 is 48.8 Å². The molecule has 9 heteroatoms. The van der Waals surface area contributed by atoms with E-state index in [1.54, 1.807) is 12.1 Å². The molecule has 2 N–H and O–H groups in total. The minimum Gasteiger partial charge on any atom is -0.488 e. The number of sulfonamides is 1. The number of hydrazone groups is 1. The normalized spacial score (nSPS) is 12.6. The first-order chi connectivity index (χ1) is 19.1. The molecule has 0 aliphatic carbocycles. The zero-order valence-corrected chi connectivity index (χ0v) is 25.0. The van der Waals surface area contributed by atoms with E-state index < -0.39 is 22.0 Å². The van der Waals surface area contributed by atoms with Gasteiger partial charge < -0.3 is 4.74 Å². The molecule has 0 bridgehead atoms. The van der Waals surface area contributed by atoms with E-state index in [0.717, 1.165) is 31.9 Å². The van der Waals surface area contributed by atoms with Gasteiger partial charge in [-0.25, -0.2) is 13.8 Å². The Morgan fingerprint density at radius 1 is 1.00 bits per heavy atom. The third kappa shape index (κ3) is 7.78. The quantitative estimate of drug-likeness (QED) is 0.151. The molecule has 0 unspecified atom stereocenters. The van der Waals surface area contributed by atoms with Gasteiger partial charge in [0.25, 0.3) is 5.91 Å². The fourth-order valence-corrected chi connectivity index (χ4v) is 5.91. The van der Waals surface area contributed by atoms with Crippen LogP contribution in [0.25, 0.3) is 10.8 Å². The zero-order valence-electron chi connectivity index (χ0n) is 22.6. The van der Waals surface area contributed by atoms with E-state index >= 15 is 0 Å². The van der Waals surface area contributed by atoms with Crippen LogP contribution in [0.1, 0.15) is 37.0 Å². The number of aryl methyl sites for hydroxylation is 1. The maximum atomic E-state index is 12.9. The summed E-state index contributed by atoms with van der Waals surface area (Å²) in [6, 6.07) is 25.3. The topological polar surface area (TPSA) is 96.9 Å². The Kier molecular flexibility index (Phi) is 9.73. The molecular weight excluding hydrogens is 590 g/mol. The van der Waals surface area contributed by atoms with E-state index in [1.165, 1.54) is 18.3 Å². The molecule has 4 aromatic carbocycles. The Bertz CT molecular complexity index is 1610. The number of nitrogens with zero attached hydrogens (tertiary/aromatic N) is 1.